The Labute approximate surface area is 97.1 Å². The number of rotatable bonds is 3. The maximum atomic E-state index is 12.4. The van der Waals surface area contributed by atoms with E-state index in [1.165, 1.54) is 0 Å². The monoisotopic (exact) mass is 270 g/mol. The number of hydrogen-bond donors (Lipinski definition) is 0. The molecule has 0 spiro atoms. The second-order valence-corrected chi connectivity index (χ2v) is 3.28. The Hall–Kier alpha value is -1.34. The van der Waals surface area contributed by atoms with Gasteiger partial charge in [0.2, 0.25) is 0 Å². The first-order valence-electron chi connectivity index (χ1n) is 3.67. The molecule has 0 amide bonds. The SMILES string of the molecule is O=C(Cl)c1c(C(F)F)cnc([N+](=O)[O-])c1Cl. The van der Waals surface area contributed by atoms with Gasteiger partial charge >= 0.3 is 5.82 Å². The molecule has 0 aromatic carbocycles. The van der Waals surface area contributed by atoms with E-state index in [1.807, 2.05) is 0 Å². The van der Waals surface area contributed by atoms with Gasteiger partial charge in [-0.3, -0.25) is 4.79 Å². The van der Waals surface area contributed by atoms with Crippen LogP contribution in [0.3, 0.4) is 0 Å². The Bertz CT molecular complexity index is 467. The highest BCUT2D eigenvalue weighted by Gasteiger charge is 2.28. The highest BCUT2D eigenvalue weighted by molar-refractivity contribution is 6.69. The van der Waals surface area contributed by atoms with Crippen molar-refractivity contribution in [3.8, 4) is 0 Å². The molecule has 1 aromatic heterocycles. The summed E-state index contributed by atoms with van der Waals surface area (Å²) < 4.78 is 24.8. The summed E-state index contributed by atoms with van der Waals surface area (Å²) in [5, 5.41) is 8.31. The van der Waals surface area contributed by atoms with Gasteiger partial charge in [-0.05, 0) is 21.5 Å². The summed E-state index contributed by atoms with van der Waals surface area (Å²) in [4.78, 5) is 23.4. The third-order valence-corrected chi connectivity index (χ3v) is 2.18. The van der Waals surface area contributed by atoms with E-state index in [0.29, 0.717) is 6.20 Å². The lowest BCUT2D eigenvalue weighted by Gasteiger charge is -2.04. The second-order valence-electron chi connectivity index (χ2n) is 2.56. The van der Waals surface area contributed by atoms with Crippen molar-refractivity contribution in [2.45, 2.75) is 6.43 Å². The van der Waals surface area contributed by atoms with E-state index in [4.69, 9.17) is 23.2 Å². The van der Waals surface area contributed by atoms with Crippen LogP contribution in [0.25, 0.3) is 0 Å². The standard InChI is InChI=1S/C7H2Cl2F2N2O3/c8-4-3(5(9)14)2(6(10)11)1-12-7(4)13(15)16/h1,6H. The molecule has 0 unspecified atom stereocenters. The number of nitrogens with zero attached hydrogens (tertiary/aromatic N) is 2. The van der Waals surface area contributed by atoms with Gasteiger partial charge in [-0.25, -0.2) is 8.78 Å². The van der Waals surface area contributed by atoms with Crippen LogP contribution in [-0.4, -0.2) is 15.1 Å². The van der Waals surface area contributed by atoms with Crippen molar-refractivity contribution in [3.63, 3.8) is 0 Å². The Morgan fingerprint density at radius 1 is 1.56 bits per heavy atom. The molecule has 0 N–H and O–H groups in total. The zero-order valence-corrected chi connectivity index (χ0v) is 8.80. The van der Waals surface area contributed by atoms with E-state index in [-0.39, 0.29) is 0 Å². The number of carbonyl (C=O) groups is 1. The first-order valence-corrected chi connectivity index (χ1v) is 4.42. The maximum absolute atomic E-state index is 12.4. The predicted molar refractivity (Wildman–Crippen MR) is 51.0 cm³/mol. The fourth-order valence-corrected chi connectivity index (χ4v) is 1.55. The molecule has 0 saturated carbocycles. The van der Waals surface area contributed by atoms with E-state index in [0.717, 1.165) is 0 Å². The normalized spacial score (nSPS) is 10.6. The third kappa shape index (κ3) is 2.25. The molecule has 16 heavy (non-hydrogen) atoms. The lowest BCUT2D eigenvalue weighted by Crippen LogP contribution is -2.04. The minimum Gasteiger partial charge on any atom is -0.358 e. The minimum absolute atomic E-state index is 0.504. The molecule has 0 atom stereocenters. The van der Waals surface area contributed by atoms with Crippen molar-refractivity contribution in [2.24, 2.45) is 0 Å². The van der Waals surface area contributed by atoms with Crippen molar-refractivity contribution in [1.29, 1.82) is 0 Å². The smallest absolute Gasteiger partial charge is 0.358 e. The fraction of sp³-hybridized carbons (Fsp3) is 0.143. The summed E-state index contributed by atoms with van der Waals surface area (Å²) in [7, 11) is 0. The first-order chi connectivity index (χ1) is 7.36. The molecule has 86 valence electrons. The van der Waals surface area contributed by atoms with Crippen molar-refractivity contribution in [1.82, 2.24) is 4.98 Å². The van der Waals surface area contributed by atoms with Gasteiger partial charge in [0.25, 0.3) is 11.7 Å². The zero-order valence-electron chi connectivity index (χ0n) is 7.29. The summed E-state index contributed by atoms with van der Waals surface area (Å²) in [6, 6.07) is 0. The molecule has 1 aromatic rings. The molecule has 0 bridgehead atoms. The molecule has 9 heteroatoms. The number of halogens is 4. The van der Waals surface area contributed by atoms with Gasteiger partial charge in [-0.15, -0.1) is 0 Å². The van der Waals surface area contributed by atoms with Crippen LogP contribution < -0.4 is 0 Å². The van der Waals surface area contributed by atoms with Gasteiger partial charge in [0.1, 0.15) is 6.20 Å². The van der Waals surface area contributed by atoms with Crippen LogP contribution in [0.1, 0.15) is 22.3 Å². The van der Waals surface area contributed by atoms with E-state index in [9.17, 15) is 23.7 Å². The molecule has 0 aliphatic carbocycles. The number of hydrogen-bond acceptors (Lipinski definition) is 4. The average Bonchev–Trinajstić information content (AvgIpc) is 2.15. The topological polar surface area (TPSA) is 73.1 Å². The highest BCUT2D eigenvalue weighted by atomic mass is 35.5. The van der Waals surface area contributed by atoms with Crippen LogP contribution in [-0.2, 0) is 0 Å². The number of aromatic nitrogens is 1. The summed E-state index contributed by atoms with van der Waals surface area (Å²) in [6.07, 6.45) is -2.55. The van der Waals surface area contributed by atoms with Crippen molar-refractivity contribution < 1.29 is 18.5 Å². The van der Waals surface area contributed by atoms with Gasteiger partial charge in [-0.2, -0.15) is 0 Å². The summed E-state index contributed by atoms with van der Waals surface area (Å²) in [5.41, 5.74) is -1.63. The number of carbonyl (C=O) groups excluding carboxylic acids is 1. The van der Waals surface area contributed by atoms with E-state index in [1.54, 1.807) is 0 Å². The number of nitro groups is 1. The van der Waals surface area contributed by atoms with Crippen LogP contribution >= 0.6 is 23.2 Å². The molecular formula is C7H2Cl2F2N2O3. The van der Waals surface area contributed by atoms with Gasteiger partial charge in [0.05, 0.1) is 11.1 Å². The van der Waals surface area contributed by atoms with Gasteiger partial charge in [0.15, 0.2) is 5.02 Å². The largest absolute Gasteiger partial charge is 0.383 e. The second kappa shape index (κ2) is 4.67. The van der Waals surface area contributed by atoms with Crippen molar-refractivity contribution >= 4 is 34.3 Å². The summed E-state index contributed by atoms with van der Waals surface area (Å²) >= 11 is 10.4. The van der Waals surface area contributed by atoms with Crippen molar-refractivity contribution in [2.75, 3.05) is 0 Å². The van der Waals surface area contributed by atoms with Gasteiger partial charge < -0.3 is 10.1 Å². The molecule has 0 aliphatic heterocycles. The molecule has 0 aliphatic rings. The van der Waals surface area contributed by atoms with E-state index >= 15 is 0 Å². The number of alkyl halides is 2. The average molecular weight is 271 g/mol. The van der Waals surface area contributed by atoms with Crippen molar-refractivity contribution in [3.05, 3.63) is 32.5 Å². The van der Waals surface area contributed by atoms with Gasteiger partial charge in [0, 0.05) is 0 Å². The predicted octanol–water partition coefficient (Wildman–Crippen LogP) is 2.96. The lowest BCUT2D eigenvalue weighted by atomic mass is 10.1. The Morgan fingerprint density at radius 2 is 2.12 bits per heavy atom. The Kier molecular flexibility index (Phi) is 3.71. The molecular weight excluding hydrogens is 269 g/mol. The highest BCUT2D eigenvalue weighted by Crippen LogP contribution is 2.33. The molecule has 5 nitrogen and oxygen atoms in total. The zero-order chi connectivity index (χ0) is 12.5. The first kappa shape index (κ1) is 12.7. The summed E-state index contributed by atoms with van der Waals surface area (Å²) in [5.74, 6) is -0.893. The maximum Gasteiger partial charge on any atom is 0.383 e. The van der Waals surface area contributed by atoms with E-state index < -0.39 is 38.6 Å². The Morgan fingerprint density at radius 3 is 2.50 bits per heavy atom. The number of pyridine rings is 1. The molecule has 0 saturated heterocycles. The summed E-state index contributed by atoms with van der Waals surface area (Å²) in [6.45, 7) is 0. The quantitative estimate of drug-likeness (QED) is 0.481. The van der Waals surface area contributed by atoms with Crippen LogP contribution in [0, 0.1) is 10.1 Å². The fourth-order valence-electron chi connectivity index (χ4n) is 0.983. The van der Waals surface area contributed by atoms with Crippen LogP contribution in [0.4, 0.5) is 14.6 Å². The lowest BCUT2D eigenvalue weighted by molar-refractivity contribution is -0.389. The van der Waals surface area contributed by atoms with Crippen LogP contribution in [0.15, 0.2) is 6.20 Å². The molecule has 0 fully saturated rings. The molecule has 1 heterocycles. The molecule has 0 radical (unpaired) electrons. The third-order valence-electron chi connectivity index (χ3n) is 1.63. The van der Waals surface area contributed by atoms with Gasteiger partial charge in [-0.1, -0.05) is 11.6 Å². The van der Waals surface area contributed by atoms with E-state index in [2.05, 4.69) is 4.98 Å². The van der Waals surface area contributed by atoms with Crippen LogP contribution in [0.5, 0.6) is 0 Å². The van der Waals surface area contributed by atoms with Crippen LogP contribution in [0.2, 0.25) is 5.02 Å². The molecule has 1 rings (SSSR count). The minimum atomic E-state index is -3.05. The Balaban J connectivity index is 3.54.